The number of nitrogens with zero attached hydrogens (tertiary/aromatic N) is 1. The number of thiocarbonyl (C=S) groups is 1. The van der Waals surface area contributed by atoms with Crippen molar-refractivity contribution in [3.63, 3.8) is 0 Å². The van der Waals surface area contributed by atoms with Crippen LogP contribution in [0.3, 0.4) is 0 Å². The Morgan fingerprint density at radius 2 is 2.03 bits per heavy atom. The highest BCUT2D eigenvalue weighted by Gasteiger charge is 2.58. The molecule has 0 spiro atoms. The molecule has 0 saturated carbocycles. The molecule has 1 unspecified atom stereocenters. The third-order valence-corrected chi connectivity index (χ3v) is 6.55. The molecule has 2 aliphatic rings. The van der Waals surface area contributed by atoms with Gasteiger partial charge in [-0.05, 0) is 51.5 Å². The number of methoxy groups -OCH3 is 1. The van der Waals surface area contributed by atoms with Crippen molar-refractivity contribution in [1.82, 2.24) is 4.90 Å². The second-order valence-electron chi connectivity index (χ2n) is 8.80. The number of hydrogen-bond donors (Lipinski definition) is 1. The highest BCUT2D eigenvalue weighted by Crippen LogP contribution is 2.41. The van der Waals surface area contributed by atoms with Crippen LogP contribution in [-0.4, -0.2) is 72.7 Å². The first-order valence-corrected chi connectivity index (χ1v) is 12.5. The predicted molar refractivity (Wildman–Crippen MR) is 134 cm³/mol. The van der Waals surface area contributed by atoms with Gasteiger partial charge in [-0.15, -0.1) is 0 Å². The normalized spacial score (nSPS) is 26.1. The number of ether oxygens (including phenoxy) is 5. The Balaban J connectivity index is 1.91. The Morgan fingerprint density at radius 3 is 2.68 bits per heavy atom. The van der Waals surface area contributed by atoms with Crippen LogP contribution in [0.15, 0.2) is 24.3 Å². The van der Waals surface area contributed by atoms with E-state index < -0.39 is 36.4 Å². The van der Waals surface area contributed by atoms with Crippen LogP contribution < -0.4 is 5.32 Å². The summed E-state index contributed by atoms with van der Waals surface area (Å²) in [4.78, 5) is 14.6. The van der Waals surface area contributed by atoms with E-state index in [0.29, 0.717) is 22.4 Å². The predicted octanol–water partition coefficient (Wildman–Crippen LogP) is 4.35. The Labute approximate surface area is 212 Å². The van der Waals surface area contributed by atoms with Gasteiger partial charge in [0.25, 0.3) is 0 Å². The lowest BCUT2D eigenvalue weighted by atomic mass is 9.98. The van der Waals surface area contributed by atoms with E-state index in [0.717, 1.165) is 12.8 Å². The van der Waals surface area contributed by atoms with Gasteiger partial charge in [0, 0.05) is 13.7 Å². The second-order valence-corrected chi connectivity index (χ2v) is 9.60. The van der Waals surface area contributed by atoms with Crippen LogP contribution in [0.1, 0.15) is 47.0 Å². The second kappa shape index (κ2) is 12.0. The molecule has 34 heavy (non-hydrogen) atoms. The largest absolute Gasteiger partial charge is 0.466 e. The molecule has 0 aliphatic carbocycles. The van der Waals surface area contributed by atoms with Crippen molar-refractivity contribution >= 4 is 40.6 Å². The molecule has 2 heterocycles. The van der Waals surface area contributed by atoms with Crippen molar-refractivity contribution in [2.24, 2.45) is 0 Å². The zero-order chi connectivity index (χ0) is 24.9. The molecule has 2 saturated heterocycles. The van der Waals surface area contributed by atoms with Gasteiger partial charge in [0.15, 0.2) is 17.2 Å². The number of nitrogens with one attached hydrogen (secondary N) is 1. The highest BCUT2D eigenvalue weighted by atomic mass is 35.5. The quantitative estimate of drug-likeness (QED) is 0.362. The summed E-state index contributed by atoms with van der Waals surface area (Å²) in [5.41, 5.74) is 0.687. The summed E-state index contributed by atoms with van der Waals surface area (Å²) in [5, 5.41) is 4.23. The van der Waals surface area contributed by atoms with E-state index in [2.05, 4.69) is 12.2 Å². The van der Waals surface area contributed by atoms with Crippen molar-refractivity contribution in [1.29, 1.82) is 0 Å². The number of rotatable bonds is 10. The van der Waals surface area contributed by atoms with Gasteiger partial charge in [0.05, 0.1) is 29.8 Å². The minimum absolute atomic E-state index is 0.0647. The SMILES string of the molecule is CCCCN(C(=S)Nc1ccccc1Cl)C(CC(=O)OCC)[C@H]1O[C@@H]2OC(C)(C)O[C@@H]2[C@H]1OC. The maximum absolute atomic E-state index is 12.7. The number of hydrogen-bond acceptors (Lipinski definition) is 7. The molecular weight excluding hydrogens is 480 g/mol. The number of esters is 1. The number of unbranched alkanes of at least 4 members (excludes halogenated alkanes) is 1. The van der Waals surface area contributed by atoms with Crippen LogP contribution in [0.2, 0.25) is 5.02 Å². The van der Waals surface area contributed by atoms with Crippen LogP contribution in [-0.2, 0) is 28.5 Å². The van der Waals surface area contributed by atoms with Crippen molar-refractivity contribution in [2.75, 3.05) is 25.6 Å². The van der Waals surface area contributed by atoms with E-state index >= 15 is 0 Å². The van der Waals surface area contributed by atoms with E-state index in [-0.39, 0.29) is 19.0 Å². The number of carbonyl (C=O) groups excluding carboxylic acids is 1. The topological polar surface area (TPSA) is 78.5 Å². The molecular formula is C24H35ClN2O6S. The fourth-order valence-corrected chi connectivity index (χ4v) is 4.89. The van der Waals surface area contributed by atoms with Gasteiger partial charge in [-0.2, -0.15) is 0 Å². The molecule has 190 valence electrons. The number of carbonyl (C=O) groups is 1. The summed E-state index contributed by atoms with van der Waals surface area (Å²) in [6, 6.07) is 6.90. The standard InChI is InChI=1S/C24H35ClN2O6S/c1-6-8-13-27(23(34)26-16-12-10-9-11-15(16)25)17(14-18(28)30-7-2)19-20(29-5)21-22(31-19)33-24(3,4)32-21/h9-12,17,19-22H,6-8,13-14H2,1-5H3,(H,26,34)/t17?,19-,20+,21-,22-/m1/s1. The van der Waals surface area contributed by atoms with Crippen LogP contribution in [0.4, 0.5) is 5.69 Å². The number of anilines is 1. The molecule has 0 aromatic heterocycles. The van der Waals surface area contributed by atoms with Gasteiger partial charge >= 0.3 is 5.97 Å². The first-order chi connectivity index (χ1) is 16.2. The summed E-state index contributed by atoms with van der Waals surface area (Å²) in [6.45, 7) is 8.44. The molecule has 3 rings (SSSR count). The van der Waals surface area contributed by atoms with Crippen molar-refractivity contribution in [3.05, 3.63) is 29.3 Å². The molecule has 10 heteroatoms. The molecule has 2 aliphatic heterocycles. The Hall–Kier alpha value is -1.49. The fourth-order valence-electron chi connectivity index (χ4n) is 4.37. The summed E-state index contributed by atoms with van der Waals surface area (Å²) in [6.07, 6.45) is -0.152. The maximum atomic E-state index is 12.7. The van der Waals surface area contributed by atoms with Gasteiger partial charge in [-0.1, -0.05) is 37.1 Å². The lowest BCUT2D eigenvalue weighted by molar-refractivity contribution is -0.223. The third-order valence-electron chi connectivity index (χ3n) is 5.89. The molecule has 0 amide bonds. The average Bonchev–Trinajstić information content (AvgIpc) is 3.26. The van der Waals surface area contributed by atoms with E-state index in [1.54, 1.807) is 20.1 Å². The molecule has 5 atom stereocenters. The first-order valence-electron chi connectivity index (χ1n) is 11.7. The van der Waals surface area contributed by atoms with Gasteiger partial charge in [-0.3, -0.25) is 4.79 Å². The van der Waals surface area contributed by atoms with Gasteiger partial charge in [0.2, 0.25) is 0 Å². The zero-order valence-corrected chi connectivity index (χ0v) is 22.0. The average molecular weight is 515 g/mol. The summed E-state index contributed by atoms with van der Waals surface area (Å²) >= 11 is 12.2. The van der Waals surface area contributed by atoms with E-state index in [1.165, 1.54) is 0 Å². The lowest BCUT2D eigenvalue weighted by Gasteiger charge is -2.39. The van der Waals surface area contributed by atoms with Crippen LogP contribution >= 0.6 is 23.8 Å². The number of halogens is 1. The monoisotopic (exact) mass is 514 g/mol. The highest BCUT2D eigenvalue weighted by molar-refractivity contribution is 7.80. The fraction of sp³-hybridized carbons (Fsp3) is 0.667. The third kappa shape index (κ3) is 6.38. The molecule has 8 nitrogen and oxygen atoms in total. The summed E-state index contributed by atoms with van der Waals surface area (Å²) < 4.78 is 29.5. The zero-order valence-electron chi connectivity index (χ0n) is 20.4. The summed E-state index contributed by atoms with van der Waals surface area (Å²) in [5.74, 6) is -1.12. The van der Waals surface area contributed by atoms with Gasteiger partial charge in [0.1, 0.15) is 18.3 Å². The van der Waals surface area contributed by atoms with Crippen LogP contribution in [0.25, 0.3) is 0 Å². The van der Waals surface area contributed by atoms with Gasteiger partial charge in [-0.25, -0.2) is 0 Å². The lowest BCUT2D eigenvalue weighted by Crippen LogP contribution is -2.54. The van der Waals surface area contributed by atoms with Crippen LogP contribution in [0.5, 0.6) is 0 Å². The van der Waals surface area contributed by atoms with E-state index in [1.807, 2.05) is 36.9 Å². The number of para-hydroxylation sites is 1. The minimum atomic E-state index is -0.781. The first kappa shape index (κ1) is 27.1. The molecule has 2 fully saturated rings. The van der Waals surface area contributed by atoms with E-state index in [9.17, 15) is 4.79 Å². The van der Waals surface area contributed by atoms with Crippen LogP contribution in [0, 0.1) is 0 Å². The maximum Gasteiger partial charge on any atom is 0.307 e. The van der Waals surface area contributed by atoms with Gasteiger partial charge < -0.3 is 33.9 Å². The van der Waals surface area contributed by atoms with Crippen molar-refractivity contribution < 1.29 is 28.5 Å². The number of fused-ring (bicyclic) bond motifs is 1. The minimum Gasteiger partial charge on any atom is -0.466 e. The molecule has 0 bridgehead atoms. The molecule has 0 radical (unpaired) electrons. The Morgan fingerprint density at radius 1 is 1.29 bits per heavy atom. The van der Waals surface area contributed by atoms with E-state index in [4.69, 9.17) is 47.5 Å². The smallest absolute Gasteiger partial charge is 0.307 e. The van der Waals surface area contributed by atoms with Crippen molar-refractivity contribution in [3.8, 4) is 0 Å². The van der Waals surface area contributed by atoms with Crippen molar-refractivity contribution in [2.45, 2.75) is 83.4 Å². The molecule has 1 aromatic carbocycles. The summed E-state index contributed by atoms with van der Waals surface area (Å²) in [7, 11) is 1.61. The Bertz CT molecular complexity index is 857. The molecule has 1 aromatic rings. The molecule has 1 N–H and O–H groups in total. The Kier molecular flexibility index (Phi) is 9.54. The number of benzene rings is 1.